The maximum atomic E-state index is 9.04. The molecule has 1 aromatic rings. The lowest BCUT2D eigenvalue weighted by atomic mass is 9.99. The number of aliphatic hydroxyl groups excluding tert-OH is 1. The fourth-order valence-corrected chi connectivity index (χ4v) is 2.44. The van der Waals surface area contributed by atoms with Gasteiger partial charge in [-0.25, -0.2) is 0 Å². The van der Waals surface area contributed by atoms with E-state index in [1.807, 2.05) is 12.1 Å². The van der Waals surface area contributed by atoms with Gasteiger partial charge in [-0.2, -0.15) is 0 Å². The predicted molar refractivity (Wildman–Crippen MR) is 82.6 cm³/mol. The zero-order valence-corrected chi connectivity index (χ0v) is 12.8. The highest BCUT2D eigenvalue weighted by Crippen LogP contribution is 2.21. The highest BCUT2D eigenvalue weighted by atomic mass is 35.5. The number of hydrogen-bond donors (Lipinski definition) is 2. The monoisotopic (exact) mass is 283 g/mol. The molecule has 2 unspecified atom stereocenters. The summed E-state index contributed by atoms with van der Waals surface area (Å²) in [6, 6.07) is 8.49. The van der Waals surface area contributed by atoms with E-state index in [0.717, 1.165) is 37.3 Å². The third-order valence-electron chi connectivity index (χ3n) is 3.62. The first kappa shape index (κ1) is 16.5. The molecule has 1 rings (SSSR count). The first-order chi connectivity index (χ1) is 9.21. The lowest BCUT2D eigenvalue weighted by Crippen LogP contribution is -2.27. The smallest absolute Gasteiger partial charge is 0.0434 e. The Kier molecular flexibility index (Phi) is 8.11. The molecule has 0 aliphatic rings. The lowest BCUT2D eigenvalue weighted by molar-refractivity contribution is 0.247. The normalized spacial score (nSPS) is 14.3. The zero-order chi connectivity index (χ0) is 14.1. The summed E-state index contributed by atoms with van der Waals surface area (Å²) in [5, 5.41) is 13.5. The molecule has 0 aromatic heterocycles. The molecule has 0 heterocycles. The van der Waals surface area contributed by atoms with Gasteiger partial charge < -0.3 is 10.4 Å². The summed E-state index contributed by atoms with van der Waals surface area (Å²) in [4.78, 5) is 0. The second-order valence-electron chi connectivity index (χ2n) is 5.09. The van der Waals surface area contributed by atoms with Crippen LogP contribution in [0.3, 0.4) is 0 Å². The van der Waals surface area contributed by atoms with Crippen LogP contribution in [-0.4, -0.2) is 18.3 Å². The molecule has 19 heavy (non-hydrogen) atoms. The maximum absolute atomic E-state index is 9.04. The van der Waals surface area contributed by atoms with Crippen LogP contribution < -0.4 is 5.32 Å². The molecule has 0 aliphatic carbocycles. The Morgan fingerprint density at radius 3 is 2.37 bits per heavy atom. The zero-order valence-electron chi connectivity index (χ0n) is 12.0. The standard InChI is InChI=1S/C16H26ClNO/c1-3-5-16(14-6-8-15(17)9-7-14)18-12-13(4-2)10-11-19/h6-9,13,16,18-19H,3-5,10-12H2,1-2H3. The van der Waals surface area contributed by atoms with E-state index in [2.05, 4.69) is 31.3 Å². The van der Waals surface area contributed by atoms with Gasteiger partial charge in [-0.3, -0.25) is 0 Å². The predicted octanol–water partition coefficient (Wildman–Crippen LogP) is 4.18. The van der Waals surface area contributed by atoms with Gasteiger partial charge >= 0.3 is 0 Å². The van der Waals surface area contributed by atoms with Crippen LogP contribution in [0.1, 0.15) is 51.1 Å². The van der Waals surface area contributed by atoms with Crippen molar-refractivity contribution in [3.63, 3.8) is 0 Å². The first-order valence-corrected chi connectivity index (χ1v) is 7.68. The number of nitrogens with one attached hydrogen (secondary N) is 1. The quantitative estimate of drug-likeness (QED) is 0.713. The van der Waals surface area contributed by atoms with Crippen molar-refractivity contribution < 1.29 is 5.11 Å². The Balaban J connectivity index is 2.59. The summed E-state index contributed by atoms with van der Waals surface area (Å²) >= 11 is 5.94. The van der Waals surface area contributed by atoms with Gasteiger partial charge in [0, 0.05) is 17.7 Å². The van der Waals surface area contributed by atoms with Crippen LogP contribution >= 0.6 is 11.6 Å². The summed E-state index contributed by atoms with van der Waals surface area (Å²) < 4.78 is 0. The maximum Gasteiger partial charge on any atom is 0.0434 e. The molecule has 108 valence electrons. The molecule has 0 saturated carbocycles. The van der Waals surface area contributed by atoms with E-state index in [4.69, 9.17) is 16.7 Å². The molecule has 0 fully saturated rings. The Bertz CT molecular complexity index is 339. The van der Waals surface area contributed by atoms with Crippen LogP contribution in [0.2, 0.25) is 5.02 Å². The van der Waals surface area contributed by atoms with Crippen LogP contribution in [0.4, 0.5) is 0 Å². The van der Waals surface area contributed by atoms with E-state index in [1.165, 1.54) is 5.56 Å². The average Bonchev–Trinajstić information content (AvgIpc) is 2.43. The summed E-state index contributed by atoms with van der Waals surface area (Å²) in [6.45, 7) is 5.62. The minimum absolute atomic E-state index is 0.277. The Morgan fingerprint density at radius 1 is 1.16 bits per heavy atom. The molecule has 0 bridgehead atoms. The molecule has 0 aliphatic heterocycles. The van der Waals surface area contributed by atoms with Crippen molar-refractivity contribution in [2.75, 3.05) is 13.2 Å². The number of hydrogen-bond acceptors (Lipinski definition) is 2. The number of aliphatic hydroxyl groups is 1. The number of benzene rings is 1. The highest BCUT2D eigenvalue weighted by Gasteiger charge is 2.12. The molecule has 2 atom stereocenters. The van der Waals surface area contributed by atoms with Gasteiger partial charge in [-0.15, -0.1) is 0 Å². The Labute approximate surface area is 122 Å². The lowest BCUT2D eigenvalue weighted by Gasteiger charge is -2.22. The Hall–Kier alpha value is -0.570. The summed E-state index contributed by atoms with van der Waals surface area (Å²) in [5.74, 6) is 0.552. The second kappa shape index (κ2) is 9.35. The van der Waals surface area contributed by atoms with E-state index in [-0.39, 0.29) is 6.61 Å². The van der Waals surface area contributed by atoms with Crippen molar-refractivity contribution >= 4 is 11.6 Å². The summed E-state index contributed by atoms with van der Waals surface area (Å²) in [7, 11) is 0. The van der Waals surface area contributed by atoms with Crippen LogP contribution in [0.5, 0.6) is 0 Å². The molecule has 0 radical (unpaired) electrons. The van der Waals surface area contributed by atoms with Crippen LogP contribution in [-0.2, 0) is 0 Å². The van der Waals surface area contributed by atoms with Gasteiger partial charge in [0.15, 0.2) is 0 Å². The minimum atomic E-state index is 0.277. The highest BCUT2D eigenvalue weighted by molar-refractivity contribution is 6.30. The van der Waals surface area contributed by atoms with Crippen molar-refractivity contribution in [1.29, 1.82) is 0 Å². The topological polar surface area (TPSA) is 32.3 Å². The van der Waals surface area contributed by atoms with Gasteiger partial charge in [0.1, 0.15) is 0 Å². The third-order valence-corrected chi connectivity index (χ3v) is 3.87. The van der Waals surface area contributed by atoms with Crippen LogP contribution in [0.25, 0.3) is 0 Å². The fraction of sp³-hybridized carbons (Fsp3) is 0.625. The van der Waals surface area contributed by atoms with E-state index < -0.39 is 0 Å². The number of halogens is 1. The SMILES string of the molecule is CCCC(NCC(CC)CCO)c1ccc(Cl)cc1. The van der Waals surface area contributed by atoms with Gasteiger partial charge in [0.2, 0.25) is 0 Å². The van der Waals surface area contributed by atoms with Crippen molar-refractivity contribution in [3.8, 4) is 0 Å². The summed E-state index contributed by atoms with van der Waals surface area (Å²) in [5.41, 5.74) is 1.30. The minimum Gasteiger partial charge on any atom is -0.396 e. The van der Waals surface area contributed by atoms with Gasteiger partial charge in [0.25, 0.3) is 0 Å². The largest absolute Gasteiger partial charge is 0.396 e. The molecule has 0 spiro atoms. The molecular weight excluding hydrogens is 258 g/mol. The fourth-order valence-electron chi connectivity index (χ4n) is 2.31. The van der Waals surface area contributed by atoms with Crippen molar-refractivity contribution in [2.24, 2.45) is 5.92 Å². The van der Waals surface area contributed by atoms with E-state index in [1.54, 1.807) is 0 Å². The van der Waals surface area contributed by atoms with E-state index >= 15 is 0 Å². The summed E-state index contributed by atoms with van der Waals surface area (Å²) in [6.07, 6.45) is 4.25. The molecule has 3 heteroatoms. The van der Waals surface area contributed by atoms with Crippen LogP contribution in [0, 0.1) is 5.92 Å². The van der Waals surface area contributed by atoms with Crippen LogP contribution in [0.15, 0.2) is 24.3 Å². The van der Waals surface area contributed by atoms with Crippen molar-refractivity contribution in [3.05, 3.63) is 34.9 Å². The average molecular weight is 284 g/mol. The second-order valence-corrected chi connectivity index (χ2v) is 5.52. The Morgan fingerprint density at radius 2 is 1.84 bits per heavy atom. The third kappa shape index (κ3) is 5.94. The van der Waals surface area contributed by atoms with Gasteiger partial charge in [0.05, 0.1) is 0 Å². The molecule has 0 amide bonds. The number of rotatable bonds is 9. The molecular formula is C16H26ClNO. The first-order valence-electron chi connectivity index (χ1n) is 7.30. The molecule has 2 N–H and O–H groups in total. The van der Waals surface area contributed by atoms with Crippen molar-refractivity contribution in [1.82, 2.24) is 5.32 Å². The van der Waals surface area contributed by atoms with E-state index in [0.29, 0.717) is 12.0 Å². The van der Waals surface area contributed by atoms with Crippen molar-refractivity contribution in [2.45, 2.75) is 45.6 Å². The molecule has 1 aromatic carbocycles. The molecule has 2 nitrogen and oxygen atoms in total. The molecule has 0 saturated heterocycles. The van der Waals surface area contributed by atoms with Gasteiger partial charge in [-0.05, 0) is 43.0 Å². The van der Waals surface area contributed by atoms with E-state index in [9.17, 15) is 0 Å². The van der Waals surface area contributed by atoms with Gasteiger partial charge in [-0.1, -0.05) is 50.4 Å².